The van der Waals surface area contributed by atoms with Gasteiger partial charge in [-0.25, -0.2) is 0 Å². The maximum Gasteiger partial charge on any atom is 0.155 e. The average Bonchev–Trinajstić information content (AvgIpc) is 2.13. The lowest BCUT2D eigenvalue weighted by Gasteiger charge is -2.31. The minimum Gasteiger partial charge on any atom is -0.405 e. The number of rotatable bonds is 4. The first kappa shape index (κ1) is 14.1. The summed E-state index contributed by atoms with van der Waals surface area (Å²) in [5, 5.41) is 1.70. The average molecular weight is 228 g/mol. The Labute approximate surface area is 97.6 Å². The Bertz CT molecular complexity index is 289. The Hall–Kier alpha value is -0.870. The number of nitrogens with two attached hydrogens (primary N) is 1. The van der Waals surface area contributed by atoms with Crippen LogP contribution in [0.5, 0.6) is 0 Å². The van der Waals surface area contributed by atoms with Crippen LogP contribution in [0.2, 0.25) is 0 Å². The van der Waals surface area contributed by atoms with Gasteiger partial charge in [0.1, 0.15) is 0 Å². The number of thiol groups is 1. The molecular formula is C11H20N2OS. The van der Waals surface area contributed by atoms with Crippen LogP contribution < -0.4 is 5.73 Å². The van der Waals surface area contributed by atoms with Gasteiger partial charge in [0.15, 0.2) is 5.76 Å². The molecule has 0 amide bonds. The monoisotopic (exact) mass is 228 g/mol. The van der Waals surface area contributed by atoms with E-state index in [1.807, 2.05) is 27.8 Å². The van der Waals surface area contributed by atoms with Crippen LogP contribution in [0.25, 0.3) is 0 Å². The van der Waals surface area contributed by atoms with Crippen LogP contribution >= 0.6 is 12.6 Å². The van der Waals surface area contributed by atoms with Crippen molar-refractivity contribution in [1.82, 2.24) is 5.06 Å². The predicted octanol–water partition coefficient (Wildman–Crippen LogP) is 2.45. The van der Waals surface area contributed by atoms with Gasteiger partial charge in [-0.3, -0.25) is 0 Å². The molecule has 0 spiro atoms. The van der Waals surface area contributed by atoms with Crippen LogP contribution in [0.3, 0.4) is 0 Å². The lowest BCUT2D eigenvalue weighted by molar-refractivity contribution is -0.152. The molecule has 0 aromatic carbocycles. The molecule has 0 atom stereocenters. The highest BCUT2D eigenvalue weighted by Gasteiger charge is 2.20. The summed E-state index contributed by atoms with van der Waals surface area (Å²) in [4.78, 5) is 5.98. The van der Waals surface area contributed by atoms with Crippen LogP contribution in [-0.2, 0) is 4.84 Å². The van der Waals surface area contributed by atoms with Crippen molar-refractivity contribution in [3.05, 3.63) is 35.6 Å². The molecule has 0 rings (SSSR count). The van der Waals surface area contributed by atoms with Gasteiger partial charge >= 0.3 is 0 Å². The highest BCUT2D eigenvalue weighted by Crippen LogP contribution is 2.21. The number of allylic oxidation sites excluding steroid dienone is 1. The molecule has 0 aliphatic carbocycles. The standard InChI is InChI=1S/C11H20N2OS/c1-7-9(12)10(15)8(2)14-13(6)11(3,4)5/h7,15H,1-2,12H2,3-6H3/b10-9-. The van der Waals surface area contributed by atoms with Crippen molar-refractivity contribution in [2.75, 3.05) is 7.05 Å². The van der Waals surface area contributed by atoms with Crippen LogP contribution in [0.1, 0.15) is 20.8 Å². The van der Waals surface area contributed by atoms with E-state index in [9.17, 15) is 0 Å². The summed E-state index contributed by atoms with van der Waals surface area (Å²) in [5.41, 5.74) is 5.97. The van der Waals surface area contributed by atoms with Crippen molar-refractivity contribution < 1.29 is 4.84 Å². The summed E-state index contributed by atoms with van der Waals surface area (Å²) >= 11 is 4.20. The molecule has 0 aliphatic rings. The van der Waals surface area contributed by atoms with Gasteiger partial charge in [0.05, 0.1) is 4.91 Å². The lowest BCUT2D eigenvalue weighted by atomic mass is 10.1. The van der Waals surface area contributed by atoms with Crippen molar-refractivity contribution in [2.45, 2.75) is 26.3 Å². The Morgan fingerprint density at radius 2 is 1.93 bits per heavy atom. The van der Waals surface area contributed by atoms with Crippen molar-refractivity contribution in [3.63, 3.8) is 0 Å². The van der Waals surface area contributed by atoms with Gasteiger partial charge in [-0.2, -0.15) is 0 Å². The fraction of sp³-hybridized carbons (Fsp3) is 0.455. The van der Waals surface area contributed by atoms with Gasteiger partial charge in [-0.05, 0) is 26.8 Å². The number of hydroxylamine groups is 2. The normalized spacial score (nSPS) is 13.5. The van der Waals surface area contributed by atoms with Crippen molar-refractivity contribution in [1.29, 1.82) is 0 Å². The zero-order chi connectivity index (χ0) is 12.2. The second kappa shape index (κ2) is 5.28. The molecule has 4 heteroatoms. The van der Waals surface area contributed by atoms with E-state index in [4.69, 9.17) is 10.6 Å². The SMILES string of the molecule is C=C/C(N)=C(/S)C(=C)ON(C)C(C)(C)C. The zero-order valence-electron chi connectivity index (χ0n) is 9.87. The van der Waals surface area contributed by atoms with Gasteiger partial charge in [-0.15, -0.1) is 17.7 Å². The lowest BCUT2D eigenvalue weighted by Crippen LogP contribution is -2.37. The maximum atomic E-state index is 5.63. The van der Waals surface area contributed by atoms with Crippen LogP contribution in [0.15, 0.2) is 35.6 Å². The first-order chi connectivity index (χ1) is 6.70. The summed E-state index contributed by atoms with van der Waals surface area (Å²) in [6.45, 7) is 13.4. The van der Waals surface area contributed by atoms with E-state index in [1.165, 1.54) is 6.08 Å². The molecule has 3 nitrogen and oxygen atoms in total. The van der Waals surface area contributed by atoms with E-state index in [-0.39, 0.29) is 5.54 Å². The molecule has 0 saturated heterocycles. The summed E-state index contributed by atoms with van der Waals surface area (Å²) in [6, 6.07) is 0. The van der Waals surface area contributed by atoms with Gasteiger partial charge < -0.3 is 10.6 Å². The molecule has 0 unspecified atom stereocenters. The van der Waals surface area contributed by atoms with E-state index in [2.05, 4.69) is 25.8 Å². The minimum absolute atomic E-state index is 0.111. The van der Waals surface area contributed by atoms with Gasteiger partial charge in [0.25, 0.3) is 0 Å². The molecule has 0 saturated carbocycles. The molecule has 0 radical (unpaired) electrons. The summed E-state index contributed by atoms with van der Waals surface area (Å²) in [7, 11) is 1.83. The molecule has 86 valence electrons. The Morgan fingerprint density at radius 1 is 1.47 bits per heavy atom. The summed E-state index contributed by atoms with van der Waals surface area (Å²) in [5.74, 6) is 0.410. The molecule has 0 heterocycles. The Kier molecular flexibility index (Phi) is 4.97. The topological polar surface area (TPSA) is 38.5 Å². The molecule has 2 N–H and O–H groups in total. The fourth-order valence-corrected chi connectivity index (χ4v) is 0.735. The van der Waals surface area contributed by atoms with E-state index >= 15 is 0 Å². The van der Waals surface area contributed by atoms with Gasteiger partial charge in [-0.1, -0.05) is 13.2 Å². The largest absolute Gasteiger partial charge is 0.405 e. The number of hydrogen-bond donors (Lipinski definition) is 2. The molecule has 0 fully saturated rings. The third kappa shape index (κ3) is 4.44. The van der Waals surface area contributed by atoms with Crippen LogP contribution in [0, 0.1) is 0 Å². The smallest absolute Gasteiger partial charge is 0.155 e. The quantitative estimate of drug-likeness (QED) is 0.336. The summed E-state index contributed by atoms with van der Waals surface area (Å²) < 4.78 is 0. The first-order valence-electron chi connectivity index (χ1n) is 4.62. The van der Waals surface area contributed by atoms with E-state index in [1.54, 1.807) is 5.06 Å². The van der Waals surface area contributed by atoms with E-state index in [0.29, 0.717) is 16.4 Å². The van der Waals surface area contributed by atoms with Crippen LogP contribution in [0.4, 0.5) is 0 Å². The van der Waals surface area contributed by atoms with Gasteiger partial charge in [0, 0.05) is 18.3 Å². The van der Waals surface area contributed by atoms with E-state index < -0.39 is 0 Å². The first-order valence-corrected chi connectivity index (χ1v) is 5.07. The van der Waals surface area contributed by atoms with E-state index in [0.717, 1.165) is 0 Å². The molecule has 0 aromatic rings. The zero-order valence-corrected chi connectivity index (χ0v) is 10.8. The Morgan fingerprint density at radius 3 is 2.27 bits per heavy atom. The molecule has 0 bridgehead atoms. The molecule has 15 heavy (non-hydrogen) atoms. The molecular weight excluding hydrogens is 208 g/mol. The number of hydrogen-bond acceptors (Lipinski definition) is 4. The highest BCUT2D eigenvalue weighted by molar-refractivity contribution is 7.84. The van der Waals surface area contributed by atoms with Gasteiger partial charge in [0.2, 0.25) is 0 Å². The highest BCUT2D eigenvalue weighted by atomic mass is 32.1. The molecule has 0 aliphatic heterocycles. The second-order valence-electron chi connectivity index (χ2n) is 4.19. The van der Waals surface area contributed by atoms with Crippen molar-refractivity contribution >= 4 is 12.6 Å². The number of nitrogens with zero attached hydrogens (tertiary/aromatic N) is 1. The Balaban J connectivity index is 4.59. The second-order valence-corrected chi connectivity index (χ2v) is 4.64. The van der Waals surface area contributed by atoms with Crippen molar-refractivity contribution in [3.8, 4) is 0 Å². The third-order valence-electron chi connectivity index (χ3n) is 1.95. The fourth-order valence-electron chi connectivity index (χ4n) is 0.603. The maximum absolute atomic E-state index is 5.63. The summed E-state index contributed by atoms with van der Waals surface area (Å²) in [6.07, 6.45) is 1.51. The minimum atomic E-state index is -0.111. The van der Waals surface area contributed by atoms with Crippen molar-refractivity contribution in [2.24, 2.45) is 5.73 Å². The predicted molar refractivity (Wildman–Crippen MR) is 68.1 cm³/mol. The molecule has 0 aromatic heterocycles. The third-order valence-corrected chi connectivity index (χ3v) is 2.46. The van der Waals surface area contributed by atoms with Crippen LogP contribution in [-0.4, -0.2) is 17.6 Å².